The third-order valence-electron chi connectivity index (χ3n) is 7.71. The summed E-state index contributed by atoms with van der Waals surface area (Å²) >= 11 is 0. The first-order valence-corrected chi connectivity index (χ1v) is 13.2. The van der Waals surface area contributed by atoms with Crippen LogP contribution in [0.3, 0.4) is 0 Å². The maximum Gasteiger partial charge on any atom is 0.0797 e. The molecule has 0 aliphatic carbocycles. The van der Waals surface area contributed by atoms with E-state index in [4.69, 9.17) is 5.73 Å². The van der Waals surface area contributed by atoms with Crippen molar-refractivity contribution >= 4 is 17.1 Å². The first kappa shape index (κ1) is 24.5. The van der Waals surface area contributed by atoms with Crippen molar-refractivity contribution in [2.75, 3.05) is 19.6 Å². The first-order valence-electron chi connectivity index (χ1n) is 13.2. The Hall–Kier alpha value is -2.65. The van der Waals surface area contributed by atoms with Crippen LogP contribution in [0.2, 0.25) is 0 Å². The van der Waals surface area contributed by atoms with E-state index in [0.29, 0.717) is 5.41 Å². The molecule has 0 spiro atoms. The predicted octanol–water partition coefficient (Wildman–Crippen LogP) is 6.99. The van der Waals surface area contributed by atoms with E-state index in [2.05, 4.69) is 82.7 Å². The molecule has 1 fully saturated rings. The number of piperidine rings is 1. The zero-order valence-corrected chi connectivity index (χ0v) is 20.7. The summed E-state index contributed by atoms with van der Waals surface area (Å²) in [6.45, 7) is 4.34. The zero-order valence-electron chi connectivity index (χ0n) is 20.7. The highest BCUT2D eigenvalue weighted by Gasteiger charge is 2.34. The number of fused-ring (bicyclic) bond motifs is 1. The summed E-state index contributed by atoms with van der Waals surface area (Å²) in [5.41, 5.74) is 8.75. The van der Waals surface area contributed by atoms with Gasteiger partial charge in [0.15, 0.2) is 0 Å². The molecule has 1 heterocycles. The van der Waals surface area contributed by atoms with Crippen LogP contribution in [-0.2, 0) is 13.0 Å². The van der Waals surface area contributed by atoms with Gasteiger partial charge in [0, 0.05) is 13.1 Å². The van der Waals surface area contributed by atoms with Crippen LogP contribution in [0.4, 0.5) is 0 Å². The summed E-state index contributed by atoms with van der Waals surface area (Å²) < 4.78 is 0. The van der Waals surface area contributed by atoms with Crippen LogP contribution in [0.15, 0.2) is 77.8 Å². The summed E-state index contributed by atoms with van der Waals surface area (Å²) in [6.07, 6.45) is 13.0. The Kier molecular flexibility index (Phi) is 9.15. The molecule has 3 aromatic carbocycles. The van der Waals surface area contributed by atoms with Crippen molar-refractivity contribution in [2.45, 2.75) is 64.3 Å². The predicted molar refractivity (Wildman–Crippen MR) is 146 cm³/mol. The molecule has 3 aromatic rings. The quantitative estimate of drug-likeness (QED) is 0.182. The van der Waals surface area contributed by atoms with E-state index in [0.717, 1.165) is 19.5 Å². The third kappa shape index (κ3) is 6.93. The lowest BCUT2D eigenvalue weighted by molar-refractivity contribution is 0.0877. The molecule has 0 atom stereocenters. The highest BCUT2D eigenvalue weighted by Crippen LogP contribution is 2.40. The summed E-state index contributed by atoms with van der Waals surface area (Å²) in [4.78, 5) is 6.81. The molecule has 2 N–H and O–H groups in total. The number of hydrogen-bond donors (Lipinski definition) is 1. The molecule has 180 valence electrons. The maximum atomic E-state index is 5.33. The van der Waals surface area contributed by atoms with Crippen LogP contribution in [0.25, 0.3) is 10.8 Å². The second kappa shape index (κ2) is 12.7. The third-order valence-corrected chi connectivity index (χ3v) is 7.71. The van der Waals surface area contributed by atoms with Crippen molar-refractivity contribution in [1.82, 2.24) is 4.90 Å². The van der Waals surface area contributed by atoms with Crippen LogP contribution in [0, 0.1) is 5.41 Å². The number of nitrogens with zero attached hydrogens (tertiary/aromatic N) is 2. The fraction of sp³-hybridized carbons (Fsp3) is 0.452. The van der Waals surface area contributed by atoms with Crippen molar-refractivity contribution in [3.8, 4) is 0 Å². The average molecular weight is 456 g/mol. The number of aliphatic imine (C=N–C) groups is 1. The fourth-order valence-corrected chi connectivity index (χ4v) is 5.71. The van der Waals surface area contributed by atoms with Gasteiger partial charge in [-0.15, -0.1) is 0 Å². The standard InChI is InChI=1S/C31H41N3/c32-26-33-21-10-3-1-2-9-18-31(24-27-12-5-4-6-13-27)19-22-34(23-20-31)25-29-16-11-15-28-14-7-8-17-30(28)29/h4-8,11-17,26H,1-3,9-10,18-25H2,(H2,32,33). The smallest absolute Gasteiger partial charge is 0.0797 e. The Bertz CT molecular complexity index is 1010. The Labute approximate surface area is 206 Å². The molecule has 4 rings (SSSR count). The molecular weight excluding hydrogens is 414 g/mol. The lowest BCUT2D eigenvalue weighted by Gasteiger charge is -2.42. The monoisotopic (exact) mass is 455 g/mol. The molecule has 1 saturated heterocycles. The van der Waals surface area contributed by atoms with Crippen molar-refractivity contribution in [3.63, 3.8) is 0 Å². The van der Waals surface area contributed by atoms with E-state index in [1.165, 1.54) is 92.7 Å². The van der Waals surface area contributed by atoms with E-state index in [9.17, 15) is 0 Å². The van der Waals surface area contributed by atoms with Gasteiger partial charge < -0.3 is 5.73 Å². The van der Waals surface area contributed by atoms with Crippen molar-refractivity contribution in [1.29, 1.82) is 0 Å². The molecule has 0 bridgehead atoms. The van der Waals surface area contributed by atoms with Gasteiger partial charge in [-0.25, -0.2) is 0 Å². The minimum atomic E-state index is 0.445. The first-order chi connectivity index (χ1) is 16.8. The van der Waals surface area contributed by atoms with Gasteiger partial charge in [-0.1, -0.05) is 98.5 Å². The second-order valence-corrected chi connectivity index (χ2v) is 10.1. The SMILES string of the molecule is NC=NCCCCCCCC1(Cc2ccccc2)CCN(Cc2cccc3ccccc23)CC1. The minimum absolute atomic E-state index is 0.445. The molecule has 0 saturated carbocycles. The highest BCUT2D eigenvalue weighted by atomic mass is 15.1. The van der Waals surface area contributed by atoms with E-state index in [-0.39, 0.29) is 0 Å². The molecular formula is C31H41N3. The number of hydrogen-bond acceptors (Lipinski definition) is 2. The van der Waals surface area contributed by atoms with Crippen molar-refractivity contribution < 1.29 is 0 Å². The van der Waals surface area contributed by atoms with E-state index in [1.807, 2.05) is 0 Å². The van der Waals surface area contributed by atoms with Gasteiger partial charge in [-0.2, -0.15) is 0 Å². The van der Waals surface area contributed by atoms with Crippen LogP contribution in [-0.4, -0.2) is 30.9 Å². The van der Waals surface area contributed by atoms with Crippen LogP contribution >= 0.6 is 0 Å². The van der Waals surface area contributed by atoms with Crippen molar-refractivity contribution in [3.05, 3.63) is 83.9 Å². The summed E-state index contributed by atoms with van der Waals surface area (Å²) in [7, 11) is 0. The average Bonchev–Trinajstić information content (AvgIpc) is 2.88. The van der Waals surface area contributed by atoms with Gasteiger partial charge in [0.2, 0.25) is 0 Å². The van der Waals surface area contributed by atoms with Gasteiger partial charge in [-0.3, -0.25) is 9.89 Å². The Balaban J connectivity index is 1.33. The maximum absolute atomic E-state index is 5.33. The lowest BCUT2D eigenvalue weighted by atomic mass is 9.70. The number of rotatable bonds is 12. The Morgan fingerprint density at radius 2 is 1.50 bits per heavy atom. The minimum Gasteiger partial charge on any atom is -0.390 e. The molecule has 3 heteroatoms. The van der Waals surface area contributed by atoms with Gasteiger partial charge in [0.25, 0.3) is 0 Å². The van der Waals surface area contributed by atoms with Gasteiger partial charge in [0.05, 0.1) is 6.34 Å². The second-order valence-electron chi connectivity index (χ2n) is 10.1. The van der Waals surface area contributed by atoms with E-state index >= 15 is 0 Å². The number of likely N-dealkylation sites (tertiary alicyclic amines) is 1. The Morgan fingerprint density at radius 3 is 2.32 bits per heavy atom. The normalized spacial score (nSPS) is 16.4. The molecule has 1 aliphatic heterocycles. The van der Waals surface area contributed by atoms with Crippen LogP contribution < -0.4 is 5.73 Å². The number of nitrogens with two attached hydrogens (primary N) is 1. The summed E-state index contributed by atoms with van der Waals surface area (Å²) in [6, 6.07) is 26.7. The number of benzene rings is 3. The molecule has 34 heavy (non-hydrogen) atoms. The van der Waals surface area contributed by atoms with Gasteiger partial charge in [-0.05, 0) is 72.5 Å². The molecule has 0 unspecified atom stereocenters. The molecule has 0 radical (unpaired) electrons. The van der Waals surface area contributed by atoms with E-state index in [1.54, 1.807) is 0 Å². The molecule has 0 aromatic heterocycles. The highest BCUT2D eigenvalue weighted by molar-refractivity contribution is 5.85. The Morgan fingerprint density at radius 1 is 0.794 bits per heavy atom. The summed E-state index contributed by atoms with van der Waals surface area (Å²) in [5, 5.41) is 2.76. The van der Waals surface area contributed by atoms with Gasteiger partial charge in [0.1, 0.15) is 0 Å². The van der Waals surface area contributed by atoms with Crippen LogP contribution in [0.5, 0.6) is 0 Å². The lowest BCUT2D eigenvalue weighted by Crippen LogP contribution is -2.41. The van der Waals surface area contributed by atoms with Gasteiger partial charge >= 0.3 is 0 Å². The van der Waals surface area contributed by atoms with Crippen LogP contribution in [0.1, 0.15) is 62.5 Å². The summed E-state index contributed by atoms with van der Waals surface area (Å²) in [5.74, 6) is 0. The molecule has 1 aliphatic rings. The zero-order chi connectivity index (χ0) is 23.5. The molecule has 0 amide bonds. The largest absolute Gasteiger partial charge is 0.390 e. The fourth-order valence-electron chi connectivity index (χ4n) is 5.71. The number of unbranched alkanes of at least 4 members (excludes halogenated alkanes) is 4. The topological polar surface area (TPSA) is 41.6 Å². The van der Waals surface area contributed by atoms with E-state index < -0.39 is 0 Å². The molecule has 3 nitrogen and oxygen atoms in total. The van der Waals surface area contributed by atoms with Crippen molar-refractivity contribution in [2.24, 2.45) is 16.1 Å².